The van der Waals surface area contributed by atoms with Crippen molar-refractivity contribution in [3.05, 3.63) is 42.1 Å². The molecule has 0 spiro atoms. The molecule has 9 heteroatoms. The number of benzene rings is 1. The SMILES string of the molecule is CC1CCOC1.Cc1c(N)cncc1-c1cc2cc(NC(=O)O)ncc2c(N)c1F. The van der Waals surface area contributed by atoms with Gasteiger partial charge in [0, 0.05) is 42.1 Å². The smallest absolute Gasteiger partial charge is 0.410 e. The van der Waals surface area contributed by atoms with Crippen LogP contribution in [0.4, 0.5) is 26.4 Å². The zero-order chi connectivity index (χ0) is 21.8. The molecular weight excluding hydrogens is 389 g/mol. The van der Waals surface area contributed by atoms with Gasteiger partial charge in [-0.05, 0) is 42.3 Å². The van der Waals surface area contributed by atoms with Crippen molar-refractivity contribution >= 4 is 34.1 Å². The number of nitrogens with two attached hydrogens (primary N) is 2. The fraction of sp³-hybridized carbons (Fsp3) is 0.286. The van der Waals surface area contributed by atoms with Crippen LogP contribution in [0.2, 0.25) is 0 Å². The van der Waals surface area contributed by atoms with E-state index in [1.807, 2.05) is 0 Å². The van der Waals surface area contributed by atoms with Crippen LogP contribution >= 0.6 is 0 Å². The third-order valence-electron chi connectivity index (χ3n) is 4.94. The Balaban J connectivity index is 0.000000367. The van der Waals surface area contributed by atoms with Crippen molar-refractivity contribution in [3.8, 4) is 11.1 Å². The number of fused-ring (bicyclic) bond motifs is 1. The van der Waals surface area contributed by atoms with E-state index in [0.717, 1.165) is 19.1 Å². The van der Waals surface area contributed by atoms with Gasteiger partial charge in [0.2, 0.25) is 0 Å². The summed E-state index contributed by atoms with van der Waals surface area (Å²) in [6, 6.07) is 3.05. The van der Waals surface area contributed by atoms with E-state index in [2.05, 4.69) is 22.2 Å². The number of carboxylic acid groups (broad SMARTS) is 1. The molecule has 6 N–H and O–H groups in total. The van der Waals surface area contributed by atoms with E-state index in [1.165, 1.54) is 31.1 Å². The maximum atomic E-state index is 14.7. The van der Waals surface area contributed by atoms with Gasteiger partial charge in [-0.1, -0.05) is 6.92 Å². The summed E-state index contributed by atoms with van der Waals surface area (Å²) in [5.74, 6) is 0.345. The average molecular weight is 413 g/mol. The Morgan fingerprint density at radius 3 is 2.63 bits per heavy atom. The number of halogens is 1. The van der Waals surface area contributed by atoms with Crippen LogP contribution in [0.15, 0.2) is 30.7 Å². The molecule has 0 aliphatic carbocycles. The molecule has 1 fully saturated rings. The third kappa shape index (κ3) is 4.57. The van der Waals surface area contributed by atoms with Gasteiger partial charge in [-0.15, -0.1) is 0 Å². The van der Waals surface area contributed by atoms with Gasteiger partial charge in [0.25, 0.3) is 0 Å². The molecule has 3 aromatic rings. The molecule has 1 atom stereocenters. The van der Waals surface area contributed by atoms with Crippen LogP contribution in [0.3, 0.4) is 0 Å². The van der Waals surface area contributed by atoms with Crippen molar-refractivity contribution < 1.29 is 19.0 Å². The highest BCUT2D eigenvalue weighted by Gasteiger charge is 2.16. The van der Waals surface area contributed by atoms with Gasteiger partial charge in [-0.25, -0.2) is 14.2 Å². The normalized spacial score (nSPS) is 15.5. The Morgan fingerprint density at radius 1 is 1.27 bits per heavy atom. The van der Waals surface area contributed by atoms with Crippen molar-refractivity contribution in [2.24, 2.45) is 5.92 Å². The minimum atomic E-state index is -1.24. The van der Waals surface area contributed by atoms with Gasteiger partial charge in [0.05, 0.1) is 17.6 Å². The topological polar surface area (TPSA) is 136 Å². The number of hydrogen-bond donors (Lipinski definition) is 4. The molecule has 0 radical (unpaired) electrons. The summed E-state index contributed by atoms with van der Waals surface area (Å²) < 4.78 is 19.8. The second-order valence-electron chi connectivity index (χ2n) is 7.24. The number of ether oxygens (including phenoxy) is 1. The molecule has 1 aliphatic heterocycles. The molecule has 0 bridgehead atoms. The number of rotatable bonds is 2. The lowest BCUT2D eigenvalue weighted by Gasteiger charge is -2.13. The van der Waals surface area contributed by atoms with E-state index >= 15 is 0 Å². The number of nitrogens with one attached hydrogen (secondary N) is 1. The number of aromatic nitrogens is 2. The maximum Gasteiger partial charge on any atom is 0.410 e. The Kier molecular flexibility index (Phi) is 6.31. The lowest BCUT2D eigenvalue weighted by molar-refractivity contribution is 0.188. The Bertz CT molecular complexity index is 1080. The van der Waals surface area contributed by atoms with E-state index in [9.17, 15) is 9.18 Å². The number of carbonyl (C=O) groups is 1. The van der Waals surface area contributed by atoms with Crippen LogP contribution in [0.1, 0.15) is 18.9 Å². The molecule has 158 valence electrons. The molecule has 2 aromatic heterocycles. The number of anilines is 3. The first kappa shape index (κ1) is 21.3. The molecule has 3 heterocycles. The minimum absolute atomic E-state index is 0.0706. The second kappa shape index (κ2) is 8.91. The molecular formula is C21H24FN5O3. The third-order valence-corrected chi connectivity index (χ3v) is 4.94. The Labute approximate surface area is 173 Å². The maximum absolute atomic E-state index is 14.7. The molecule has 4 rings (SSSR count). The number of amides is 1. The molecule has 1 unspecified atom stereocenters. The fourth-order valence-corrected chi connectivity index (χ4v) is 3.14. The van der Waals surface area contributed by atoms with Crippen molar-refractivity contribution in [2.75, 3.05) is 30.0 Å². The Morgan fingerprint density at radius 2 is 2.03 bits per heavy atom. The van der Waals surface area contributed by atoms with E-state index in [-0.39, 0.29) is 17.1 Å². The van der Waals surface area contributed by atoms with Crippen LogP contribution in [-0.2, 0) is 4.74 Å². The molecule has 30 heavy (non-hydrogen) atoms. The summed E-state index contributed by atoms with van der Waals surface area (Å²) in [6.07, 6.45) is 4.34. The van der Waals surface area contributed by atoms with Crippen LogP contribution in [0.25, 0.3) is 21.9 Å². The van der Waals surface area contributed by atoms with Crippen molar-refractivity contribution in [3.63, 3.8) is 0 Å². The molecule has 1 aromatic carbocycles. The number of pyridine rings is 2. The number of nitrogens with zero attached hydrogens (tertiary/aromatic N) is 2. The summed E-state index contributed by atoms with van der Waals surface area (Å²) in [5.41, 5.74) is 13.5. The summed E-state index contributed by atoms with van der Waals surface area (Å²) in [4.78, 5) is 18.6. The average Bonchev–Trinajstić information content (AvgIpc) is 3.18. The quantitative estimate of drug-likeness (QED) is 0.465. The molecule has 1 amide bonds. The predicted molar refractivity (Wildman–Crippen MR) is 115 cm³/mol. The highest BCUT2D eigenvalue weighted by atomic mass is 19.1. The van der Waals surface area contributed by atoms with Gasteiger partial charge in [-0.3, -0.25) is 10.3 Å². The minimum Gasteiger partial charge on any atom is -0.465 e. The Hall–Kier alpha value is -3.46. The summed E-state index contributed by atoms with van der Waals surface area (Å²) in [5, 5.41) is 11.9. The highest BCUT2D eigenvalue weighted by Crippen LogP contribution is 2.35. The van der Waals surface area contributed by atoms with Gasteiger partial charge >= 0.3 is 6.09 Å². The summed E-state index contributed by atoms with van der Waals surface area (Å²) >= 11 is 0. The standard InChI is InChI=1S/C16H14FN5O2.C5H10O/c1-7-10(4-20-6-12(7)18)9-2-8-3-13(22-16(23)24)21-5-11(8)15(19)14(9)17;1-5-2-3-6-4-5/h2-6H,18-19H2,1H3,(H,21,22)(H,23,24);5H,2-4H2,1H3. The monoisotopic (exact) mass is 413 g/mol. The first-order valence-corrected chi connectivity index (χ1v) is 9.43. The van der Waals surface area contributed by atoms with Crippen molar-refractivity contribution in [1.82, 2.24) is 9.97 Å². The van der Waals surface area contributed by atoms with E-state index < -0.39 is 11.9 Å². The van der Waals surface area contributed by atoms with E-state index in [0.29, 0.717) is 27.6 Å². The molecule has 1 aliphatic rings. The van der Waals surface area contributed by atoms with Gasteiger partial charge in [-0.2, -0.15) is 0 Å². The molecule has 8 nitrogen and oxygen atoms in total. The van der Waals surface area contributed by atoms with Crippen LogP contribution < -0.4 is 16.8 Å². The van der Waals surface area contributed by atoms with Crippen LogP contribution in [0.5, 0.6) is 0 Å². The van der Waals surface area contributed by atoms with Gasteiger partial charge in [0.1, 0.15) is 5.82 Å². The van der Waals surface area contributed by atoms with Gasteiger partial charge < -0.3 is 21.3 Å². The largest absolute Gasteiger partial charge is 0.465 e. The first-order chi connectivity index (χ1) is 14.3. The van der Waals surface area contributed by atoms with Crippen LogP contribution in [0, 0.1) is 18.7 Å². The van der Waals surface area contributed by atoms with E-state index in [4.69, 9.17) is 21.3 Å². The number of hydrogen-bond acceptors (Lipinski definition) is 6. The lowest BCUT2D eigenvalue weighted by atomic mass is 9.97. The van der Waals surface area contributed by atoms with Gasteiger partial charge in [0.15, 0.2) is 5.82 Å². The highest BCUT2D eigenvalue weighted by molar-refractivity contribution is 5.99. The second-order valence-corrected chi connectivity index (χ2v) is 7.24. The van der Waals surface area contributed by atoms with E-state index in [1.54, 1.807) is 13.0 Å². The zero-order valence-electron chi connectivity index (χ0n) is 16.8. The number of nitrogen functional groups attached to an aromatic ring is 2. The first-order valence-electron chi connectivity index (χ1n) is 9.43. The van der Waals surface area contributed by atoms with Crippen molar-refractivity contribution in [1.29, 1.82) is 0 Å². The predicted octanol–water partition coefficient (Wildman–Crippen LogP) is 4.04. The van der Waals surface area contributed by atoms with Crippen molar-refractivity contribution in [2.45, 2.75) is 20.3 Å². The molecule has 0 saturated carbocycles. The van der Waals surface area contributed by atoms with Crippen LogP contribution in [-0.4, -0.2) is 34.4 Å². The summed E-state index contributed by atoms with van der Waals surface area (Å²) in [6.45, 7) is 5.95. The zero-order valence-corrected chi connectivity index (χ0v) is 16.8. The summed E-state index contributed by atoms with van der Waals surface area (Å²) in [7, 11) is 0. The fourth-order valence-electron chi connectivity index (χ4n) is 3.14. The lowest BCUT2D eigenvalue weighted by Crippen LogP contribution is -2.08. The molecule has 1 saturated heterocycles.